The van der Waals surface area contributed by atoms with Gasteiger partial charge in [0.05, 0.1) is 18.5 Å². The molecule has 3 rings (SSSR count). The third kappa shape index (κ3) is 5.96. The summed E-state index contributed by atoms with van der Waals surface area (Å²) in [7, 11) is -3.50. The second-order valence-electron chi connectivity index (χ2n) is 7.13. The van der Waals surface area contributed by atoms with Crippen molar-refractivity contribution >= 4 is 49.8 Å². The molecular weight excluding hydrogens is 464 g/mol. The highest BCUT2D eigenvalue weighted by atomic mass is 32.2. The van der Waals surface area contributed by atoms with Crippen LogP contribution in [0.2, 0.25) is 0 Å². The van der Waals surface area contributed by atoms with Crippen LogP contribution in [-0.2, 0) is 16.6 Å². The minimum Gasteiger partial charge on any atom is -0.296 e. The monoisotopic (exact) mass is 488 g/mol. The van der Waals surface area contributed by atoms with Crippen molar-refractivity contribution in [3.8, 4) is 0 Å². The van der Waals surface area contributed by atoms with Crippen LogP contribution in [0.25, 0.3) is 0 Å². The molecule has 0 aliphatic rings. The Balaban J connectivity index is 1.74. The average Bonchev–Trinajstić information content (AvgIpc) is 3.18. The number of nitrogens with one attached hydrogen (secondary N) is 1. The van der Waals surface area contributed by atoms with E-state index in [0.717, 1.165) is 26.8 Å². The van der Waals surface area contributed by atoms with E-state index in [9.17, 15) is 13.2 Å². The minimum atomic E-state index is -3.50. The number of amides is 1. The summed E-state index contributed by atoms with van der Waals surface area (Å²) in [5.74, 6) is 0.416. The summed E-state index contributed by atoms with van der Waals surface area (Å²) in [6.45, 7) is 7.62. The number of sulfonamides is 1. The van der Waals surface area contributed by atoms with Gasteiger partial charge in [-0.25, -0.2) is 8.42 Å². The van der Waals surface area contributed by atoms with Crippen molar-refractivity contribution < 1.29 is 13.2 Å². The van der Waals surface area contributed by atoms with Gasteiger partial charge in [0.2, 0.25) is 15.2 Å². The number of benzene rings is 2. The largest absolute Gasteiger partial charge is 0.296 e. The Kier molecular flexibility index (Phi) is 7.70. The van der Waals surface area contributed by atoms with Gasteiger partial charge < -0.3 is 0 Å². The molecule has 0 radical (unpaired) electrons. The van der Waals surface area contributed by atoms with Crippen LogP contribution < -0.4 is 9.62 Å². The van der Waals surface area contributed by atoms with E-state index in [2.05, 4.69) is 22.1 Å². The van der Waals surface area contributed by atoms with Crippen LogP contribution >= 0.6 is 23.1 Å². The smallest absolute Gasteiger partial charge is 0.257 e. The van der Waals surface area contributed by atoms with Crippen LogP contribution in [0.4, 0.5) is 10.8 Å². The van der Waals surface area contributed by atoms with E-state index in [1.165, 1.54) is 33.7 Å². The molecule has 168 valence electrons. The molecule has 0 saturated carbocycles. The number of carbonyl (C=O) groups is 1. The van der Waals surface area contributed by atoms with E-state index in [1.807, 2.05) is 32.0 Å². The predicted octanol–water partition coefficient (Wildman–Crippen LogP) is 4.65. The Morgan fingerprint density at radius 3 is 2.41 bits per heavy atom. The van der Waals surface area contributed by atoms with Crippen LogP contribution in [0, 0.1) is 13.8 Å². The maximum Gasteiger partial charge on any atom is 0.257 e. The lowest BCUT2D eigenvalue weighted by Crippen LogP contribution is -2.30. The molecule has 2 aromatic carbocycles. The summed E-state index contributed by atoms with van der Waals surface area (Å²) < 4.78 is 27.2. The molecule has 0 aliphatic carbocycles. The van der Waals surface area contributed by atoms with Crippen molar-refractivity contribution in [2.75, 3.05) is 21.6 Å². The van der Waals surface area contributed by atoms with Crippen molar-refractivity contribution in [3.63, 3.8) is 0 Å². The first-order valence-corrected chi connectivity index (χ1v) is 13.4. The molecule has 1 amide bonds. The van der Waals surface area contributed by atoms with Gasteiger partial charge in [0.25, 0.3) is 5.91 Å². The lowest BCUT2D eigenvalue weighted by Gasteiger charge is -2.26. The third-order valence-corrected chi connectivity index (χ3v) is 7.66. The lowest BCUT2D eigenvalue weighted by atomic mass is 10.1. The standard InChI is InChI=1S/C22H24N4O3S3/c1-5-13-30-22-25-24-21(31-22)23-20(27)18-11-9-17(10-12-18)14-26(32(4,28)29)19-15(2)7-6-8-16(19)3/h5-12H,1,13-14H2,2-4H3,(H,23,24,27). The Labute approximate surface area is 196 Å². The highest BCUT2D eigenvalue weighted by Gasteiger charge is 2.21. The first-order chi connectivity index (χ1) is 15.2. The fraction of sp³-hybridized carbons (Fsp3) is 0.227. The predicted molar refractivity (Wildman–Crippen MR) is 132 cm³/mol. The van der Waals surface area contributed by atoms with Crippen LogP contribution in [-0.4, -0.2) is 36.5 Å². The molecule has 0 bridgehead atoms. The Hall–Kier alpha value is -2.69. The maximum absolute atomic E-state index is 12.5. The van der Waals surface area contributed by atoms with Gasteiger partial charge in [0.1, 0.15) is 0 Å². The number of carbonyl (C=O) groups excluding carboxylic acids is 1. The summed E-state index contributed by atoms with van der Waals surface area (Å²) in [5, 5.41) is 11.2. The van der Waals surface area contributed by atoms with E-state index in [-0.39, 0.29) is 12.5 Å². The quantitative estimate of drug-likeness (QED) is 0.268. The zero-order chi connectivity index (χ0) is 23.3. The number of anilines is 2. The number of aryl methyl sites for hydroxylation is 2. The van der Waals surface area contributed by atoms with Gasteiger partial charge in [-0.05, 0) is 42.7 Å². The van der Waals surface area contributed by atoms with E-state index >= 15 is 0 Å². The molecule has 0 aliphatic heterocycles. The van der Waals surface area contributed by atoms with E-state index in [0.29, 0.717) is 16.4 Å². The molecule has 0 saturated heterocycles. The van der Waals surface area contributed by atoms with Crippen LogP contribution in [0.15, 0.2) is 59.5 Å². The molecule has 32 heavy (non-hydrogen) atoms. The maximum atomic E-state index is 12.5. The SMILES string of the molecule is C=CCSc1nnc(NC(=O)c2ccc(CN(c3c(C)cccc3C)S(C)(=O)=O)cc2)s1. The van der Waals surface area contributed by atoms with Gasteiger partial charge in [0.15, 0.2) is 4.34 Å². The van der Waals surface area contributed by atoms with Crippen LogP contribution in [0.5, 0.6) is 0 Å². The number of thioether (sulfide) groups is 1. The Morgan fingerprint density at radius 1 is 1.16 bits per heavy atom. The van der Waals surface area contributed by atoms with Crippen molar-refractivity contribution in [2.24, 2.45) is 0 Å². The zero-order valence-electron chi connectivity index (χ0n) is 18.0. The first-order valence-electron chi connectivity index (χ1n) is 9.70. The topological polar surface area (TPSA) is 92.3 Å². The van der Waals surface area contributed by atoms with Crippen LogP contribution in [0.1, 0.15) is 27.0 Å². The summed E-state index contributed by atoms with van der Waals surface area (Å²) in [6.07, 6.45) is 2.97. The summed E-state index contributed by atoms with van der Waals surface area (Å²) in [4.78, 5) is 12.5. The summed E-state index contributed by atoms with van der Waals surface area (Å²) in [6, 6.07) is 12.5. The fourth-order valence-electron chi connectivity index (χ4n) is 3.11. The molecule has 10 heteroatoms. The third-order valence-electron chi connectivity index (χ3n) is 4.58. The fourth-order valence-corrected chi connectivity index (χ4v) is 5.62. The second kappa shape index (κ2) is 10.3. The molecule has 7 nitrogen and oxygen atoms in total. The highest BCUT2D eigenvalue weighted by Crippen LogP contribution is 2.29. The summed E-state index contributed by atoms with van der Waals surface area (Å²) in [5.41, 5.74) is 3.66. The Morgan fingerprint density at radius 2 is 1.81 bits per heavy atom. The van der Waals surface area contributed by atoms with Gasteiger partial charge >= 0.3 is 0 Å². The number of hydrogen-bond acceptors (Lipinski definition) is 7. The van der Waals surface area contributed by atoms with Gasteiger partial charge in [0, 0.05) is 11.3 Å². The highest BCUT2D eigenvalue weighted by molar-refractivity contribution is 8.01. The lowest BCUT2D eigenvalue weighted by molar-refractivity contribution is 0.102. The van der Waals surface area contributed by atoms with Gasteiger partial charge in [-0.1, -0.05) is 59.5 Å². The number of rotatable bonds is 9. The van der Waals surface area contributed by atoms with Crippen molar-refractivity contribution in [3.05, 3.63) is 77.4 Å². The molecule has 0 atom stereocenters. The van der Waals surface area contributed by atoms with Crippen molar-refractivity contribution in [2.45, 2.75) is 24.7 Å². The second-order valence-corrected chi connectivity index (χ2v) is 11.3. The molecule has 0 unspecified atom stereocenters. The van der Waals surface area contributed by atoms with Gasteiger partial charge in [-0.3, -0.25) is 14.4 Å². The molecule has 1 N–H and O–H groups in total. The minimum absolute atomic E-state index is 0.173. The molecular formula is C22H24N4O3S3. The number of aromatic nitrogens is 2. The molecule has 0 fully saturated rings. The number of nitrogens with zero attached hydrogens (tertiary/aromatic N) is 3. The van der Waals surface area contributed by atoms with E-state index < -0.39 is 10.0 Å². The summed E-state index contributed by atoms with van der Waals surface area (Å²) >= 11 is 2.79. The molecule has 3 aromatic rings. The van der Waals surface area contributed by atoms with E-state index in [1.54, 1.807) is 30.3 Å². The van der Waals surface area contributed by atoms with Crippen molar-refractivity contribution in [1.82, 2.24) is 10.2 Å². The van der Waals surface area contributed by atoms with Gasteiger partial charge in [-0.2, -0.15) is 0 Å². The van der Waals surface area contributed by atoms with Crippen molar-refractivity contribution in [1.29, 1.82) is 0 Å². The normalized spacial score (nSPS) is 11.2. The van der Waals surface area contributed by atoms with E-state index in [4.69, 9.17) is 0 Å². The molecule has 0 spiro atoms. The first kappa shape index (κ1) is 24.0. The number of hydrogen-bond donors (Lipinski definition) is 1. The number of para-hydroxylation sites is 1. The molecule has 1 heterocycles. The molecule has 1 aromatic heterocycles. The zero-order valence-corrected chi connectivity index (χ0v) is 20.5. The van der Waals surface area contributed by atoms with Gasteiger partial charge in [-0.15, -0.1) is 16.8 Å². The van der Waals surface area contributed by atoms with Crippen LogP contribution in [0.3, 0.4) is 0 Å². The Bertz CT molecular complexity index is 1200. The average molecular weight is 489 g/mol.